The normalized spacial score (nSPS) is 14.2. The molecule has 2 aromatic carbocycles. The van der Waals surface area contributed by atoms with Crippen molar-refractivity contribution < 1.29 is 14.3 Å². The monoisotopic (exact) mass is 519 g/mol. The molecule has 0 bridgehead atoms. The van der Waals surface area contributed by atoms with Gasteiger partial charge in [-0.25, -0.2) is 0 Å². The summed E-state index contributed by atoms with van der Waals surface area (Å²) in [6.45, 7) is 2.47. The van der Waals surface area contributed by atoms with E-state index in [-0.39, 0.29) is 29.0 Å². The van der Waals surface area contributed by atoms with Gasteiger partial charge in [0.1, 0.15) is 5.75 Å². The van der Waals surface area contributed by atoms with Crippen molar-refractivity contribution in [1.29, 1.82) is 0 Å². The molecule has 0 aliphatic heterocycles. The van der Waals surface area contributed by atoms with Crippen LogP contribution in [0.25, 0.3) is 16.7 Å². The SMILES string of the molecule is CCOc1ccc(C(=O)CSc2nnc3n(C)c(=O)c4ccc(C(=O)NC5CCCCC5)cc4n23)cc1. The summed E-state index contributed by atoms with van der Waals surface area (Å²) in [6, 6.07) is 12.3. The first-order chi connectivity index (χ1) is 18.0. The minimum atomic E-state index is -0.226. The summed E-state index contributed by atoms with van der Waals surface area (Å²) >= 11 is 1.24. The van der Waals surface area contributed by atoms with Gasteiger partial charge in [0, 0.05) is 24.2 Å². The number of hydrogen-bond acceptors (Lipinski definition) is 7. The number of amides is 1. The maximum Gasteiger partial charge on any atom is 0.262 e. The minimum Gasteiger partial charge on any atom is -0.494 e. The van der Waals surface area contributed by atoms with Crippen LogP contribution in [0.5, 0.6) is 5.75 Å². The molecule has 1 aliphatic carbocycles. The van der Waals surface area contributed by atoms with Gasteiger partial charge in [-0.1, -0.05) is 31.0 Å². The number of aromatic nitrogens is 4. The third-order valence-electron chi connectivity index (χ3n) is 6.71. The highest BCUT2D eigenvalue weighted by atomic mass is 32.2. The molecule has 0 atom stereocenters. The van der Waals surface area contributed by atoms with E-state index in [9.17, 15) is 14.4 Å². The number of aryl methyl sites for hydroxylation is 1. The maximum atomic E-state index is 13.0. The molecule has 4 aromatic rings. The van der Waals surface area contributed by atoms with Gasteiger partial charge in [-0.15, -0.1) is 10.2 Å². The van der Waals surface area contributed by atoms with Crippen molar-refractivity contribution in [3.05, 3.63) is 63.9 Å². The number of Topliss-reactive ketones (excluding diaryl/α,β-unsaturated/α-hetero) is 1. The van der Waals surface area contributed by atoms with Crippen LogP contribution in [0.15, 0.2) is 52.4 Å². The van der Waals surface area contributed by atoms with Crippen LogP contribution in [0.2, 0.25) is 0 Å². The number of carbonyl (C=O) groups is 2. The Hall–Kier alpha value is -3.66. The highest BCUT2D eigenvalue weighted by Crippen LogP contribution is 2.24. The van der Waals surface area contributed by atoms with Crippen LogP contribution in [0.4, 0.5) is 0 Å². The molecule has 2 aromatic heterocycles. The first kappa shape index (κ1) is 25.0. The molecule has 1 amide bonds. The number of rotatable bonds is 8. The Bertz CT molecular complexity index is 1520. The van der Waals surface area contributed by atoms with E-state index in [1.54, 1.807) is 53.9 Å². The van der Waals surface area contributed by atoms with E-state index in [0.717, 1.165) is 25.7 Å². The molecular weight excluding hydrogens is 490 g/mol. The molecule has 0 radical (unpaired) electrons. The molecule has 1 aliphatic rings. The smallest absolute Gasteiger partial charge is 0.262 e. The van der Waals surface area contributed by atoms with E-state index in [2.05, 4.69) is 15.5 Å². The third kappa shape index (κ3) is 5.11. The van der Waals surface area contributed by atoms with Crippen LogP contribution in [-0.2, 0) is 7.05 Å². The third-order valence-corrected chi connectivity index (χ3v) is 7.64. The minimum absolute atomic E-state index is 0.0635. The predicted molar refractivity (Wildman–Crippen MR) is 143 cm³/mol. The first-order valence-electron chi connectivity index (χ1n) is 12.5. The number of hydrogen-bond donors (Lipinski definition) is 1. The Morgan fingerprint density at radius 3 is 2.51 bits per heavy atom. The van der Waals surface area contributed by atoms with Crippen molar-refractivity contribution in [2.75, 3.05) is 12.4 Å². The molecular formula is C27H29N5O4S. The van der Waals surface area contributed by atoms with Gasteiger partial charge in [-0.05, 0) is 62.2 Å². The van der Waals surface area contributed by atoms with E-state index in [0.29, 0.717) is 45.3 Å². The fourth-order valence-corrected chi connectivity index (χ4v) is 5.56. The zero-order chi connectivity index (χ0) is 25.9. The van der Waals surface area contributed by atoms with Gasteiger partial charge in [0.25, 0.3) is 11.5 Å². The summed E-state index contributed by atoms with van der Waals surface area (Å²) in [5, 5.41) is 12.5. The lowest BCUT2D eigenvalue weighted by Gasteiger charge is -2.22. The summed E-state index contributed by atoms with van der Waals surface area (Å²) in [5.41, 5.74) is 1.36. The number of benzene rings is 2. The van der Waals surface area contributed by atoms with Crippen molar-refractivity contribution in [3.8, 4) is 5.75 Å². The predicted octanol–water partition coefficient (Wildman–Crippen LogP) is 4.02. The number of carbonyl (C=O) groups excluding carboxylic acids is 2. The second-order valence-electron chi connectivity index (χ2n) is 9.19. The zero-order valence-electron chi connectivity index (χ0n) is 20.9. The Labute approximate surface area is 218 Å². The number of nitrogens with one attached hydrogen (secondary N) is 1. The van der Waals surface area contributed by atoms with Crippen molar-refractivity contribution >= 4 is 40.1 Å². The molecule has 1 fully saturated rings. The standard InChI is InChI=1S/C27H29N5O4S/c1-3-36-20-12-9-17(10-13-20)23(33)16-37-27-30-29-26-31(2)25(35)21-14-11-18(15-22(21)32(26)27)24(34)28-19-7-5-4-6-8-19/h9-15,19H,3-8,16H2,1-2H3,(H,28,34). The molecule has 1 saturated carbocycles. The van der Waals surface area contributed by atoms with Crippen molar-refractivity contribution in [3.63, 3.8) is 0 Å². The van der Waals surface area contributed by atoms with Crippen LogP contribution in [0.1, 0.15) is 59.7 Å². The van der Waals surface area contributed by atoms with E-state index < -0.39 is 0 Å². The first-order valence-corrected chi connectivity index (χ1v) is 13.5. The topological polar surface area (TPSA) is 108 Å². The lowest BCUT2D eigenvalue weighted by molar-refractivity contribution is 0.0927. The summed E-state index contributed by atoms with van der Waals surface area (Å²) in [4.78, 5) is 38.8. The summed E-state index contributed by atoms with van der Waals surface area (Å²) in [6.07, 6.45) is 5.42. The zero-order valence-corrected chi connectivity index (χ0v) is 21.7. The summed E-state index contributed by atoms with van der Waals surface area (Å²) in [7, 11) is 1.63. The fraction of sp³-hybridized carbons (Fsp3) is 0.370. The van der Waals surface area contributed by atoms with E-state index >= 15 is 0 Å². The number of fused-ring (bicyclic) bond motifs is 3. The molecule has 0 spiro atoms. The molecule has 0 unspecified atom stereocenters. The number of ketones is 1. The maximum absolute atomic E-state index is 13.0. The van der Waals surface area contributed by atoms with Crippen molar-refractivity contribution in [2.24, 2.45) is 7.05 Å². The van der Waals surface area contributed by atoms with E-state index in [4.69, 9.17) is 4.74 Å². The lowest BCUT2D eigenvalue weighted by Crippen LogP contribution is -2.36. The molecule has 0 saturated heterocycles. The van der Waals surface area contributed by atoms with Gasteiger partial charge in [0.05, 0.1) is 23.3 Å². The molecule has 5 rings (SSSR count). The summed E-state index contributed by atoms with van der Waals surface area (Å²) in [5.74, 6) is 0.979. The fourth-order valence-electron chi connectivity index (χ4n) is 4.73. The van der Waals surface area contributed by atoms with Crippen LogP contribution >= 0.6 is 11.8 Å². The van der Waals surface area contributed by atoms with Gasteiger partial charge < -0.3 is 10.1 Å². The van der Waals surface area contributed by atoms with Crippen LogP contribution in [0.3, 0.4) is 0 Å². The number of thioether (sulfide) groups is 1. The number of ether oxygens (including phenoxy) is 1. The van der Waals surface area contributed by atoms with Crippen LogP contribution in [-0.4, -0.2) is 49.3 Å². The Kier molecular flexibility index (Phi) is 7.27. The highest BCUT2D eigenvalue weighted by molar-refractivity contribution is 7.99. The van der Waals surface area contributed by atoms with Gasteiger partial charge in [0.2, 0.25) is 5.78 Å². The Balaban J connectivity index is 1.44. The molecule has 9 nitrogen and oxygen atoms in total. The van der Waals surface area contributed by atoms with Crippen molar-refractivity contribution in [1.82, 2.24) is 24.5 Å². The lowest BCUT2D eigenvalue weighted by atomic mass is 9.95. The molecule has 37 heavy (non-hydrogen) atoms. The second kappa shape index (κ2) is 10.8. The average molecular weight is 520 g/mol. The Morgan fingerprint density at radius 1 is 1.05 bits per heavy atom. The largest absolute Gasteiger partial charge is 0.494 e. The van der Waals surface area contributed by atoms with E-state index in [1.165, 1.54) is 22.7 Å². The van der Waals surface area contributed by atoms with Crippen LogP contribution < -0.4 is 15.6 Å². The number of nitrogens with zero attached hydrogens (tertiary/aromatic N) is 4. The van der Waals surface area contributed by atoms with E-state index in [1.807, 2.05) is 6.92 Å². The average Bonchev–Trinajstić information content (AvgIpc) is 3.35. The van der Waals surface area contributed by atoms with Gasteiger partial charge in [-0.3, -0.25) is 23.4 Å². The summed E-state index contributed by atoms with van der Waals surface area (Å²) < 4.78 is 8.61. The molecule has 192 valence electrons. The molecule has 1 N–H and O–H groups in total. The van der Waals surface area contributed by atoms with Crippen LogP contribution in [0, 0.1) is 0 Å². The van der Waals surface area contributed by atoms with Crippen molar-refractivity contribution in [2.45, 2.75) is 50.2 Å². The quantitative estimate of drug-likeness (QED) is 0.277. The van der Waals surface area contributed by atoms with Gasteiger partial charge in [-0.2, -0.15) is 0 Å². The highest BCUT2D eigenvalue weighted by Gasteiger charge is 2.20. The molecule has 2 heterocycles. The second-order valence-corrected chi connectivity index (χ2v) is 10.1. The Morgan fingerprint density at radius 2 is 1.78 bits per heavy atom. The van der Waals surface area contributed by atoms with Gasteiger partial charge >= 0.3 is 0 Å². The molecule has 10 heteroatoms. The van der Waals surface area contributed by atoms with Gasteiger partial charge in [0.15, 0.2) is 10.9 Å².